The Morgan fingerprint density at radius 3 is 2.81 bits per heavy atom. The average molecular weight is 229 g/mol. The molecular formula is C12H23NO3. The van der Waals surface area contributed by atoms with Crippen LogP contribution in [0.15, 0.2) is 0 Å². The van der Waals surface area contributed by atoms with Gasteiger partial charge in [0.2, 0.25) is 5.91 Å². The molecule has 0 aromatic carbocycles. The third-order valence-corrected chi connectivity index (χ3v) is 3.07. The first-order valence-electron chi connectivity index (χ1n) is 6.15. The third kappa shape index (κ3) is 4.49. The summed E-state index contributed by atoms with van der Waals surface area (Å²) in [6, 6.07) is -0.128. The number of ether oxygens (including phenoxy) is 1. The van der Waals surface area contributed by atoms with Crippen molar-refractivity contribution in [2.75, 3.05) is 13.2 Å². The van der Waals surface area contributed by atoms with Crippen LogP contribution in [-0.2, 0) is 9.53 Å². The largest absolute Gasteiger partial charge is 0.394 e. The maximum Gasteiger partial charge on any atom is 0.220 e. The molecule has 94 valence electrons. The van der Waals surface area contributed by atoms with E-state index in [0.717, 1.165) is 25.9 Å². The molecular weight excluding hydrogens is 206 g/mol. The van der Waals surface area contributed by atoms with E-state index >= 15 is 0 Å². The Balaban J connectivity index is 2.18. The minimum absolute atomic E-state index is 0.00331. The highest BCUT2D eigenvalue weighted by atomic mass is 16.5. The van der Waals surface area contributed by atoms with E-state index in [4.69, 9.17) is 9.84 Å². The summed E-state index contributed by atoms with van der Waals surface area (Å²) in [5.74, 6) is 0.278. The minimum Gasteiger partial charge on any atom is -0.394 e. The van der Waals surface area contributed by atoms with Gasteiger partial charge in [0.25, 0.3) is 0 Å². The first kappa shape index (κ1) is 13.5. The standard InChI is InChI=1S/C12H23NO3/c1-9(2)11(8-14)13-12(15)6-5-10-4-3-7-16-10/h9-11,14H,3-8H2,1-2H3,(H,13,15). The molecule has 1 fully saturated rings. The molecule has 0 bridgehead atoms. The molecule has 4 heteroatoms. The van der Waals surface area contributed by atoms with Crippen molar-refractivity contribution in [1.82, 2.24) is 5.32 Å². The number of nitrogens with one attached hydrogen (secondary N) is 1. The quantitative estimate of drug-likeness (QED) is 0.716. The summed E-state index contributed by atoms with van der Waals surface area (Å²) in [5, 5.41) is 11.9. The van der Waals surface area contributed by atoms with Gasteiger partial charge in [-0.15, -0.1) is 0 Å². The van der Waals surface area contributed by atoms with E-state index in [-0.39, 0.29) is 30.6 Å². The van der Waals surface area contributed by atoms with Crippen molar-refractivity contribution in [2.24, 2.45) is 5.92 Å². The normalized spacial score (nSPS) is 22.4. The molecule has 4 nitrogen and oxygen atoms in total. The van der Waals surface area contributed by atoms with Crippen LogP contribution in [0.3, 0.4) is 0 Å². The zero-order chi connectivity index (χ0) is 12.0. The van der Waals surface area contributed by atoms with Crippen molar-refractivity contribution in [2.45, 2.75) is 51.7 Å². The van der Waals surface area contributed by atoms with Gasteiger partial charge in [-0.3, -0.25) is 4.79 Å². The molecule has 0 aromatic heterocycles. The molecule has 16 heavy (non-hydrogen) atoms. The van der Waals surface area contributed by atoms with Gasteiger partial charge >= 0.3 is 0 Å². The SMILES string of the molecule is CC(C)C(CO)NC(=O)CCC1CCCO1. The minimum atomic E-state index is -0.128. The summed E-state index contributed by atoms with van der Waals surface area (Å²) >= 11 is 0. The van der Waals surface area contributed by atoms with Crippen molar-refractivity contribution < 1.29 is 14.6 Å². The second kappa shape index (κ2) is 6.86. The van der Waals surface area contributed by atoms with Crippen LogP contribution in [0.25, 0.3) is 0 Å². The van der Waals surface area contributed by atoms with Gasteiger partial charge in [-0.2, -0.15) is 0 Å². The Labute approximate surface area is 97.4 Å². The zero-order valence-electron chi connectivity index (χ0n) is 10.2. The first-order valence-corrected chi connectivity index (χ1v) is 6.15. The first-order chi connectivity index (χ1) is 7.63. The van der Waals surface area contributed by atoms with Gasteiger partial charge in [0.1, 0.15) is 0 Å². The van der Waals surface area contributed by atoms with E-state index in [1.54, 1.807) is 0 Å². The lowest BCUT2D eigenvalue weighted by Crippen LogP contribution is -2.41. The molecule has 1 saturated heterocycles. The smallest absolute Gasteiger partial charge is 0.220 e. The van der Waals surface area contributed by atoms with E-state index in [2.05, 4.69) is 5.32 Å². The maximum atomic E-state index is 11.6. The number of carbonyl (C=O) groups excluding carboxylic acids is 1. The van der Waals surface area contributed by atoms with Crippen molar-refractivity contribution >= 4 is 5.91 Å². The second-order valence-corrected chi connectivity index (χ2v) is 4.77. The predicted octanol–water partition coefficient (Wildman–Crippen LogP) is 1.08. The van der Waals surface area contributed by atoms with Crippen molar-refractivity contribution in [3.63, 3.8) is 0 Å². The second-order valence-electron chi connectivity index (χ2n) is 4.77. The highest BCUT2D eigenvalue weighted by Crippen LogP contribution is 2.16. The number of hydrogen-bond donors (Lipinski definition) is 2. The van der Waals surface area contributed by atoms with E-state index in [1.807, 2.05) is 13.8 Å². The van der Waals surface area contributed by atoms with Gasteiger partial charge in [0, 0.05) is 13.0 Å². The maximum absolute atomic E-state index is 11.6. The summed E-state index contributed by atoms with van der Waals surface area (Å²) < 4.78 is 5.45. The summed E-state index contributed by atoms with van der Waals surface area (Å²) in [6.07, 6.45) is 3.73. The van der Waals surface area contributed by atoms with Crippen LogP contribution in [0, 0.1) is 5.92 Å². The topological polar surface area (TPSA) is 58.6 Å². The third-order valence-electron chi connectivity index (χ3n) is 3.07. The van der Waals surface area contributed by atoms with Crippen molar-refractivity contribution in [3.05, 3.63) is 0 Å². The van der Waals surface area contributed by atoms with Crippen LogP contribution < -0.4 is 5.32 Å². The Kier molecular flexibility index (Phi) is 5.77. The van der Waals surface area contributed by atoms with Gasteiger partial charge in [-0.25, -0.2) is 0 Å². The molecule has 1 aliphatic rings. The molecule has 1 heterocycles. The van der Waals surface area contributed by atoms with Gasteiger partial charge in [-0.05, 0) is 25.2 Å². The molecule has 0 spiro atoms. The van der Waals surface area contributed by atoms with Crippen molar-refractivity contribution in [3.8, 4) is 0 Å². The number of hydrogen-bond acceptors (Lipinski definition) is 3. The molecule has 2 atom stereocenters. The Hall–Kier alpha value is -0.610. The molecule has 2 unspecified atom stereocenters. The molecule has 1 aliphatic heterocycles. The van der Waals surface area contributed by atoms with Crippen molar-refractivity contribution in [1.29, 1.82) is 0 Å². The highest BCUT2D eigenvalue weighted by Gasteiger charge is 2.19. The van der Waals surface area contributed by atoms with E-state index < -0.39 is 0 Å². The van der Waals surface area contributed by atoms with Gasteiger partial charge in [0.05, 0.1) is 18.8 Å². The van der Waals surface area contributed by atoms with Gasteiger partial charge in [0.15, 0.2) is 0 Å². The van der Waals surface area contributed by atoms with Crippen LogP contribution in [0.1, 0.15) is 39.5 Å². The van der Waals surface area contributed by atoms with Crippen LogP contribution in [0.2, 0.25) is 0 Å². The Bertz CT molecular complexity index is 212. The number of aliphatic hydroxyl groups is 1. The number of amides is 1. The molecule has 0 aromatic rings. The molecule has 0 saturated carbocycles. The Morgan fingerprint density at radius 2 is 2.31 bits per heavy atom. The Morgan fingerprint density at radius 1 is 1.56 bits per heavy atom. The molecule has 1 rings (SSSR count). The molecule has 0 aliphatic carbocycles. The summed E-state index contributed by atoms with van der Waals surface area (Å²) in [6.45, 7) is 4.81. The predicted molar refractivity (Wildman–Crippen MR) is 62.1 cm³/mol. The lowest BCUT2D eigenvalue weighted by molar-refractivity contribution is -0.123. The van der Waals surface area contributed by atoms with Gasteiger partial charge < -0.3 is 15.2 Å². The van der Waals surface area contributed by atoms with E-state index in [9.17, 15) is 4.79 Å². The molecule has 0 radical (unpaired) electrons. The molecule has 1 amide bonds. The van der Waals surface area contributed by atoms with Crippen LogP contribution in [0.4, 0.5) is 0 Å². The lowest BCUT2D eigenvalue weighted by Gasteiger charge is -2.20. The number of aliphatic hydroxyl groups excluding tert-OH is 1. The lowest BCUT2D eigenvalue weighted by atomic mass is 10.0. The van der Waals surface area contributed by atoms with Gasteiger partial charge in [-0.1, -0.05) is 13.8 Å². The highest BCUT2D eigenvalue weighted by molar-refractivity contribution is 5.76. The van der Waals surface area contributed by atoms with Crippen LogP contribution in [-0.4, -0.2) is 36.4 Å². The zero-order valence-corrected chi connectivity index (χ0v) is 10.2. The average Bonchev–Trinajstić information content (AvgIpc) is 2.75. The van der Waals surface area contributed by atoms with Crippen LogP contribution in [0.5, 0.6) is 0 Å². The number of rotatable bonds is 6. The fourth-order valence-corrected chi connectivity index (χ4v) is 1.87. The van der Waals surface area contributed by atoms with E-state index in [0.29, 0.717) is 6.42 Å². The molecule has 2 N–H and O–H groups in total. The summed E-state index contributed by atoms with van der Waals surface area (Å²) in [4.78, 5) is 11.6. The van der Waals surface area contributed by atoms with E-state index in [1.165, 1.54) is 0 Å². The van der Waals surface area contributed by atoms with Crippen LogP contribution >= 0.6 is 0 Å². The summed E-state index contributed by atoms with van der Waals surface area (Å²) in [5.41, 5.74) is 0. The number of carbonyl (C=O) groups is 1. The fraction of sp³-hybridized carbons (Fsp3) is 0.917. The fourth-order valence-electron chi connectivity index (χ4n) is 1.87. The monoisotopic (exact) mass is 229 g/mol. The summed E-state index contributed by atoms with van der Waals surface area (Å²) in [7, 11) is 0.